The van der Waals surface area contributed by atoms with E-state index in [2.05, 4.69) is 15.3 Å². The molecule has 1 N–H and O–H groups in total. The van der Waals surface area contributed by atoms with Crippen molar-refractivity contribution in [2.24, 2.45) is 0 Å². The zero-order valence-electron chi connectivity index (χ0n) is 10.7. The Bertz CT molecular complexity index is 501. The minimum absolute atomic E-state index is 0.0239. The summed E-state index contributed by atoms with van der Waals surface area (Å²) in [7, 11) is 0. The van der Waals surface area contributed by atoms with E-state index in [4.69, 9.17) is 0 Å². The molecular formula is C13H16N4OS. The van der Waals surface area contributed by atoms with Gasteiger partial charge in [-0.2, -0.15) is 0 Å². The molecule has 0 radical (unpaired) electrons. The molecule has 5 nitrogen and oxygen atoms in total. The molecule has 0 spiro atoms. The van der Waals surface area contributed by atoms with Crippen LogP contribution < -0.4 is 5.32 Å². The summed E-state index contributed by atoms with van der Waals surface area (Å²) in [4.78, 5) is 20.0. The van der Waals surface area contributed by atoms with Gasteiger partial charge in [-0.15, -0.1) is 0 Å². The van der Waals surface area contributed by atoms with E-state index >= 15 is 0 Å². The monoisotopic (exact) mass is 276 g/mol. The lowest BCUT2D eigenvalue weighted by Gasteiger charge is -2.11. The standard InChI is InChI=1S/C13H16N4OS/c1-11(19-12-4-2-3-5-15-12)13(18)16-7-9-17-8-6-14-10-17/h2-6,8,10-11H,7,9H2,1H3,(H,16,18). The Hall–Kier alpha value is -1.82. The van der Waals surface area contributed by atoms with E-state index in [1.807, 2.05) is 35.9 Å². The quantitative estimate of drug-likeness (QED) is 0.814. The summed E-state index contributed by atoms with van der Waals surface area (Å²) in [6.07, 6.45) is 7.06. The highest BCUT2D eigenvalue weighted by molar-refractivity contribution is 8.00. The molecule has 0 saturated heterocycles. The lowest BCUT2D eigenvalue weighted by molar-refractivity contribution is -0.120. The number of carbonyl (C=O) groups excluding carboxylic acids is 1. The first-order chi connectivity index (χ1) is 9.25. The smallest absolute Gasteiger partial charge is 0.233 e. The molecule has 2 heterocycles. The van der Waals surface area contributed by atoms with Gasteiger partial charge in [-0.05, 0) is 19.1 Å². The van der Waals surface area contributed by atoms with Crippen LogP contribution in [0.1, 0.15) is 6.92 Å². The lowest BCUT2D eigenvalue weighted by Crippen LogP contribution is -2.33. The summed E-state index contributed by atoms with van der Waals surface area (Å²) >= 11 is 1.46. The van der Waals surface area contributed by atoms with Crippen LogP contribution in [-0.2, 0) is 11.3 Å². The number of hydrogen-bond acceptors (Lipinski definition) is 4. The van der Waals surface area contributed by atoms with E-state index in [0.29, 0.717) is 6.54 Å². The predicted octanol–water partition coefficient (Wildman–Crippen LogP) is 1.58. The fourth-order valence-corrected chi connectivity index (χ4v) is 2.35. The Morgan fingerprint density at radius 1 is 1.47 bits per heavy atom. The minimum Gasteiger partial charge on any atom is -0.353 e. The molecule has 0 aliphatic rings. The molecular weight excluding hydrogens is 260 g/mol. The number of amides is 1. The first-order valence-corrected chi connectivity index (χ1v) is 6.95. The van der Waals surface area contributed by atoms with E-state index in [-0.39, 0.29) is 11.2 Å². The normalized spacial score (nSPS) is 12.1. The molecule has 0 aliphatic carbocycles. The van der Waals surface area contributed by atoms with E-state index in [1.165, 1.54) is 11.8 Å². The van der Waals surface area contributed by atoms with Crippen molar-refractivity contribution in [2.75, 3.05) is 6.54 Å². The van der Waals surface area contributed by atoms with Crippen molar-refractivity contribution in [3.05, 3.63) is 43.1 Å². The number of nitrogens with one attached hydrogen (secondary N) is 1. The van der Waals surface area contributed by atoms with Crippen molar-refractivity contribution in [3.8, 4) is 0 Å². The van der Waals surface area contributed by atoms with Gasteiger partial charge in [0, 0.05) is 31.7 Å². The fourth-order valence-electron chi connectivity index (χ4n) is 1.52. The lowest BCUT2D eigenvalue weighted by atomic mass is 10.4. The van der Waals surface area contributed by atoms with Crippen molar-refractivity contribution in [3.63, 3.8) is 0 Å². The number of aromatic nitrogens is 3. The van der Waals surface area contributed by atoms with Gasteiger partial charge in [0.15, 0.2) is 0 Å². The van der Waals surface area contributed by atoms with Crippen LogP contribution in [0.2, 0.25) is 0 Å². The summed E-state index contributed by atoms with van der Waals surface area (Å²) in [5.74, 6) is 0.0239. The van der Waals surface area contributed by atoms with Crippen LogP contribution in [0.5, 0.6) is 0 Å². The van der Waals surface area contributed by atoms with Crippen LogP contribution in [0.4, 0.5) is 0 Å². The summed E-state index contributed by atoms with van der Waals surface area (Å²) < 4.78 is 1.93. The first-order valence-electron chi connectivity index (χ1n) is 6.07. The highest BCUT2D eigenvalue weighted by Gasteiger charge is 2.14. The van der Waals surface area contributed by atoms with Crippen LogP contribution >= 0.6 is 11.8 Å². The van der Waals surface area contributed by atoms with Crippen LogP contribution in [-0.4, -0.2) is 32.2 Å². The second-order valence-corrected chi connectivity index (χ2v) is 5.38. The molecule has 100 valence electrons. The molecule has 19 heavy (non-hydrogen) atoms. The van der Waals surface area contributed by atoms with E-state index in [1.54, 1.807) is 18.7 Å². The van der Waals surface area contributed by atoms with Crippen LogP contribution in [0.3, 0.4) is 0 Å². The van der Waals surface area contributed by atoms with Crippen molar-refractivity contribution in [1.29, 1.82) is 0 Å². The second-order valence-electron chi connectivity index (χ2n) is 4.02. The van der Waals surface area contributed by atoms with Gasteiger partial charge in [0.1, 0.15) is 0 Å². The molecule has 2 aromatic heterocycles. The summed E-state index contributed by atoms with van der Waals surface area (Å²) in [6, 6.07) is 5.68. The third-order valence-corrected chi connectivity index (χ3v) is 3.58. The Labute approximate surface area is 116 Å². The van der Waals surface area contributed by atoms with E-state index in [9.17, 15) is 4.79 Å². The molecule has 1 unspecified atom stereocenters. The van der Waals surface area contributed by atoms with Gasteiger partial charge in [-0.25, -0.2) is 9.97 Å². The molecule has 0 aromatic carbocycles. The molecule has 1 atom stereocenters. The Morgan fingerprint density at radius 3 is 3.05 bits per heavy atom. The maximum Gasteiger partial charge on any atom is 0.233 e. The number of hydrogen-bond donors (Lipinski definition) is 1. The summed E-state index contributed by atoms with van der Waals surface area (Å²) in [6.45, 7) is 3.21. The molecule has 0 bridgehead atoms. The Kier molecular flexibility index (Phi) is 4.97. The van der Waals surface area contributed by atoms with Crippen LogP contribution in [0, 0.1) is 0 Å². The van der Waals surface area contributed by atoms with Gasteiger partial charge in [-0.1, -0.05) is 17.8 Å². The molecule has 2 aromatic rings. The third-order valence-electron chi connectivity index (χ3n) is 2.53. The number of imidazole rings is 1. The third kappa shape index (κ3) is 4.40. The van der Waals surface area contributed by atoms with Gasteiger partial charge in [0.2, 0.25) is 5.91 Å². The van der Waals surface area contributed by atoms with Crippen molar-refractivity contribution in [1.82, 2.24) is 19.9 Å². The number of nitrogens with zero attached hydrogens (tertiary/aromatic N) is 3. The van der Waals surface area contributed by atoms with Crippen LogP contribution in [0.25, 0.3) is 0 Å². The predicted molar refractivity (Wildman–Crippen MR) is 74.8 cm³/mol. The van der Waals surface area contributed by atoms with E-state index < -0.39 is 0 Å². The Morgan fingerprint density at radius 2 is 2.37 bits per heavy atom. The second kappa shape index (κ2) is 6.94. The zero-order valence-corrected chi connectivity index (χ0v) is 11.5. The fraction of sp³-hybridized carbons (Fsp3) is 0.308. The van der Waals surface area contributed by atoms with Gasteiger partial charge < -0.3 is 9.88 Å². The largest absolute Gasteiger partial charge is 0.353 e. The van der Waals surface area contributed by atoms with Crippen molar-refractivity contribution >= 4 is 17.7 Å². The van der Waals surface area contributed by atoms with Gasteiger partial charge in [0.25, 0.3) is 0 Å². The van der Waals surface area contributed by atoms with Crippen molar-refractivity contribution < 1.29 is 4.79 Å². The topological polar surface area (TPSA) is 59.8 Å². The first kappa shape index (κ1) is 13.6. The zero-order chi connectivity index (χ0) is 13.5. The molecule has 0 saturated carbocycles. The number of pyridine rings is 1. The number of carbonyl (C=O) groups is 1. The van der Waals surface area contributed by atoms with E-state index in [0.717, 1.165) is 11.6 Å². The van der Waals surface area contributed by atoms with Crippen LogP contribution in [0.15, 0.2) is 48.1 Å². The average Bonchev–Trinajstić information content (AvgIpc) is 2.93. The maximum atomic E-state index is 11.9. The molecule has 2 rings (SSSR count). The highest BCUT2D eigenvalue weighted by atomic mass is 32.2. The SMILES string of the molecule is CC(Sc1ccccn1)C(=O)NCCn1ccnc1. The van der Waals surface area contributed by atoms with Gasteiger partial charge in [-0.3, -0.25) is 4.79 Å². The Balaban J connectivity index is 1.73. The number of rotatable bonds is 6. The number of thioether (sulfide) groups is 1. The molecule has 1 amide bonds. The van der Waals surface area contributed by atoms with Crippen molar-refractivity contribution in [2.45, 2.75) is 23.7 Å². The molecule has 0 fully saturated rings. The molecule has 6 heteroatoms. The maximum absolute atomic E-state index is 11.9. The molecule has 0 aliphatic heterocycles. The average molecular weight is 276 g/mol. The highest BCUT2D eigenvalue weighted by Crippen LogP contribution is 2.20. The summed E-state index contributed by atoms with van der Waals surface area (Å²) in [5.41, 5.74) is 0. The minimum atomic E-state index is -0.155. The van der Waals surface area contributed by atoms with Gasteiger partial charge in [0.05, 0.1) is 16.6 Å². The summed E-state index contributed by atoms with van der Waals surface area (Å²) in [5, 5.41) is 3.61. The van der Waals surface area contributed by atoms with Gasteiger partial charge >= 0.3 is 0 Å².